The molecule has 0 spiro atoms. The first kappa shape index (κ1) is 12.0. The van der Waals surface area contributed by atoms with Crippen LogP contribution < -0.4 is 0 Å². The first-order chi connectivity index (χ1) is 9.35. The Morgan fingerprint density at radius 1 is 1.00 bits per heavy atom. The highest BCUT2D eigenvalue weighted by molar-refractivity contribution is 7.80. The molecule has 5 aliphatic carbocycles. The molecule has 5 aliphatic rings. The van der Waals surface area contributed by atoms with Crippen molar-refractivity contribution in [3.63, 3.8) is 0 Å². The molecule has 4 bridgehead atoms. The quantitative estimate of drug-likeness (QED) is 0.556. The maximum Gasteiger partial charge on any atom is -0.00977 e. The lowest BCUT2D eigenvalue weighted by molar-refractivity contribution is -0.00403. The lowest BCUT2D eigenvalue weighted by Crippen LogP contribution is -2.43. The summed E-state index contributed by atoms with van der Waals surface area (Å²) in [6.07, 6.45) is 14.2. The van der Waals surface area contributed by atoms with Gasteiger partial charge in [-0.05, 0) is 104 Å². The summed E-state index contributed by atoms with van der Waals surface area (Å²) in [6.45, 7) is 0. The molecule has 0 aromatic heterocycles. The maximum atomic E-state index is 4.53. The summed E-state index contributed by atoms with van der Waals surface area (Å²) in [7, 11) is 0. The van der Waals surface area contributed by atoms with Gasteiger partial charge in [-0.3, -0.25) is 0 Å². The predicted octanol–water partition coefficient (Wildman–Crippen LogP) is 4.79. The highest BCUT2D eigenvalue weighted by Gasteiger charge is 2.71. The Morgan fingerprint density at radius 2 is 1.89 bits per heavy atom. The summed E-state index contributed by atoms with van der Waals surface area (Å²) >= 11 is 4.53. The van der Waals surface area contributed by atoms with Crippen molar-refractivity contribution in [1.82, 2.24) is 0 Å². The molecular formula is C18H28S. The molecule has 0 saturated heterocycles. The van der Waals surface area contributed by atoms with Gasteiger partial charge in [-0.25, -0.2) is 0 Å². The van der Waals surface area contributed by atoms with Gasteiger partial charge in [-0.15, -0.1) is 0 Å². The Morgan fingerprint density at radius 3 is 2.79 bits per heavy atom. The minimum atomic E-state index is 0.819. The van der Waals surface area contributed by atoms with E-state index < -0.39 is 0 Å². The fourth-order valence-electron chi connectivity index (χ4n) is 8.43. The topological polar surface area (TPSA) is 0 Å². The van der Waals surface area contributed by atoms with E-state index in [0.29, 0.717) is 0 Å². The Hall–Kier alpha value is 0.350. The number of hydrogen-bond donors (Lipinski definition) is 1. The largest absolute Gasteiger partial charge is 0.179 e. The van der Waals surface area contributed by atoms with Crippen molar-refractivity contribution in [2.75, 3.05) is 5.75 Å². The summed E-state index contributed by atoms with van der Waals surface area (Å²) in [6, 6.07) is 0. The van der Waals surface area contributed by atoms with Crippen LogP contribution in [0.25, 0.3) is 0 Å². The summed E-state index contributed by atoms with van der Waals surface area (Å²) in [5.41, 5.74) is 0.819. The number of rotatable bonds is 3. The first-order valence-electron chi connectivity index (χ1n) is 8.96. The van der Waals surface area contributed by atoms with Gasteiger partial charge in [-0.1, -0.05) is 6.42 Å². The number of hydrogen-bond acceptors (Lipinski definition) is 1. The van der Waals surface area contributed by atoms with E-state index in [1.165, 1.54) is 36.0 Å². The molecule has 0 aromatic carbocycles. The molecule has 0 heterocycles. The second-order valence-corrected chi connectivity index (χ2v) is 9.01. The van der Waals surface area contributed by atoms with E-state index in [2.05, 4.69) is 12.6 Å². The van der Waals surface area contributed by atoms with Crippen LogP contribution in [-0.4, -0.2) is 5.75 Å². The summed E-state index contributed by atoms with van der Waals surface area (Å²) in [4.78, 5) is 0. The van der Waals surface area contributed by atoms with Gasteiger partial charge in [0.25, 0.3) is 0 Å². The number of fused-ring (bicyclic) bond motifs is 12. The zero-order valence-electron chi connectivity index (χ0n) is 12.1. The van der Waals surface area contributed by atoms with Crippen molar-refractivity contribution in [3.8, 4) is 0 Å². The zero-order valence-corrected chi connectivity index (χ0v) is 13.0. The van der Waals surface area contributed by atoms with Gasteiger partial charge < -0.3 is 0 Å². The smallest absolute Gasteiger partial charge is 0.00977 e. The van der Waals surface area contributed by atoms with Crippen LogP contribution in [0.15, 0.2) is 0 Å². The van der Waals surface area contributed by atoms with E-state index in [0.717, 1.165) is 23.0 Å². The molecule has 0 aromatic rings. The van der Waals surface area contributed by atoms with Crippen LogP contribution in [0.2, 0.25) is 0 Å². The molecule has 0 N–H and O–H groups in total. The van der Waals surface area contributed by atoms with Crippen LogP contribution in [-0.2, 0) is 0 Å². The van der Waals surface area contributed by atoms with Crippen LogP contribution in [0.1, 0.15) is 57.8 Å². The molecule has 8 atom stereocenters. The molecule has 1 heteroatoms. The minimum absolute atomic E-state index is 0.819. The molecule has 0 radical (unpaired) electrons. The van der Waals surface area contributed by atoms with Crippen molar-refractivity contribution < 1.29 is 0 Å². The van der Waals surface area contributed by atoms with E-state index in [-0.39, 0.29) is 0 Å². The average molecular weight is 276 g/mol. The van der Waals surface area contributed by atoms with Crippen molar-refractivity contribution >= 4 is 12.6 Å². The van der Waals surface area contributed by atoms with Crippen LogP contribution in [0.5, 0.6) is 0 Å². The molecule has 0 aliphatic heterocycles. The lowest BCUT2D eigenvalue weighted by Gasteiger charge is -2.48. The predicted molar refractivity (Wildman–Crippen MR) is 82.3 cm³/mol. The third kappa shape index (κ3) is 1.30. The molecule has 106 valence electrons. The maximum absolute atomic E-state index is 4.53. The standard InChI is InChI=1S/C18H28S/c19-8-2-7-18-10-14(13-3-1-4-15(13)18)16-11-5-6-12(9-11)17(16)18/h11-17,19H,1-10H2. The molecule has 0 nitrogen and oxygen atoms in total. The Kier molecular flexibility index (Phi) is 2.49. The van der Waals surface area contributed by atoms with Crippen molar-refractivity contribution in [3.05, 3.63) is 0 Å². The van der Waals surface area contributed by atoms with Crippen molar-refractivity contribution in [2.45, 2.75) is 57.8 Å². The van der Waals surface area contributed by atoms with Gasteiger partial charge in [0.15, 0.2) is 0 Å². The Balaban J connectivity index is 1.56. The molecule has 5 rings (SSSR count). The van der Waals surface area contributed by atoms with E-state index in [4.69, 9.17) is 0 Å². The van der Waals surface area contributed by atoms with Gasteiger partial charge in [0.2, 0.25) is 0 Å². The van der Waals surface area contributed by atoms with E-state index in [9.17, 15) is 0 Å². The zero-order chi connectivity index (χ0) is 12.6. The lowest BCUT2D eigenvalue weighted by atomic mass is 9.56. The average Bonchev–Trinajstić information content (AvgIpc) is 3.16. The van der Waals surface area contributed by atoms with Crippen LogP contribution in [0.3, 0.4) is 0 Å². The Labute approximate surface area is 123 Å². The fraction of sp³-hybridized carbons (Fsp3) is 1.00. The van der Waals surface area contributed by atoms with Crippen LogP contribution in [0, 0.1) is 46.8 Å². The van der Waals surface area contributed by atoms with E-state index >= 15 is 0 Å². The summed E-state index contributed by atoms with van der Waals surface area (Å²) in [5, 5.41) is 0. The second-order valence-electron chi connectivity index (χ2n) is 8.57. The van der Waals surface area contributed by atoms with E-state index in [1.54, 1.807) is 51.4 Å². The van der Waals surface area contributed by atoms with Crippen molar-refractivity contribution in [2.24, 2.45) is 46.8 Å². The highest BCUT2D eigenvalue weighted by Crippen LogP contribution is 2.78. The molecule has 5 fully saturated rings. The first-order valence-corrected chi connectivity index (χ1v) is 9.59. The SMILES string of the molecule is SCCCC12CC(C3CCCC31)C1C3CCC(C3)C12. The second kappa shape index (κ2) is 3.96. The van der Waals surface area contributed by atoms with Gasteiger partial charge >= 0.3 is 0 Å². The monoisotopic (exact) mass is 276 g/mol. The molecule has 8 unspecified atom stereocenters. The van der Waals surface area contributed by atoms with Crippen LogP contribution in [0.4, 0.5) is 0 Å². The Bertz CT molecular complexity index is 391. The third-order valence-electron chi connectivity index (χ3n) is 8.41. The van der Waals surface area contributed by atoms with Crippen molar-refractivity contribution in [1.29, 1.82) is 0 Å². The van der Waals surface area contributed by atoms with Gasteiger partial charge in [0.1, 0.15) is 0 Å². The van der Waals surface area contributed by atoms with E-state index in [1.807, 2.05) is 0 Å². The highest BCUT2D eigenvalue weighted by atomic mass is 32.1. The summed E-state index contributed by atoms with van der Waals surface area (Å²) < 4.78 is 0. The fourth-order valence-corrected chi connectivity index (χ4v) is 8.59. The van der Waals surface area contributed by atoms with Crippen LogP contribution >= 0.6 is 12.6 Å². The molecule has 5 saturated carbocycles. The molecule has 19 heavy (non-hydrogen) atoms. The molecule has 0 amide bonds. The van der Waals surface area contributed by atoms with Gasteiger partial charge in [0.05, 0.1) is 0 Å². The van der Waals surface area contributed by atoms with Gasteiger partial charge in [-0.2, -0.15) is 12.6 Å². The normalized spacial score (nSPS) is 60.8. The third-order valence-corrected chi connectivity index (χ3v) is 8.73. The molecular weight excluding hydrogens is 248 g/mol. The minimum Gasteiger partial charge on any atom is -0.179 e. The summed E-state index contributed by atoms with van der Waals surface area (Å²) in [5.74, 6) is 9.30. The number of thiol groups is 1. The van der Waals surface area contributed by atoms with Gasteiger partial charge in [0, 0.05) is 0 Å².